The van der Waals surface area contributed by atoms with Crippen LogP contribution in [0.5, 0.6) is 0 Å². The Morgan fingerprint density at radius 1 is 1.08 bits per heavy atom. The molecule has 0 bridgehead atoms. The smallest absolute Gasteiger partial charge is 0.339 e. The van der Waals surface area contributed by atoms with Gasteiger partial charge in [-0.25, -0.2) is 4.79 Å². The van der Waals surface area contributed by atoms with Crippen LogP contribution in [0.4, 0.5) is 0 Å². The Balaban J connectivity index is 1.97. The minimum Gasteiger partial charge on any atom is -0.481 e. The van der Waals surface area contributed by atoms with E-state index in [-0.39, 0.29) is 24.2 Å². The molecule has 0 aliphatic heterocycles. The number of carboxylic acids is 2. The molecule has 24 heavy (non-hydrogen) atoms. The van der Waals surface area contributed by atoms with Crippen LogP contribution in [0.2, 0.25) is 0 Å². The molecule has 2 N–H and O–H groups in total. The van der Waals surface area contributed by atoms with Crippen molar-refractivity contribution in [3.05, 3.63) is 58.5 Å². The molecule has 0 saturated carbocycles. The summed E-state index contributed by atoms with van der Waals surface area (Å²) in [7, 11) is 0. The molecule has 1 aromatic carbocycles. The first-order valence-corrected chi connectivity index (χ1v) is 7.67. The van der Waals surface area contributed by atoms with Crippen molar-refractivity contribution in [3.8, 4) is 0 Å². The normalized spacial score (nSPS) is 10.7. The van der Waals surface area contributed by atoms with Crippen LogP contribution in [0.3, 0.4) is 0 Å². The van der Waals surface area contributed by atoms with Gasteiger partial charge in [0.25, 0.3) is 0 Å². The van der Waals surface area contributed by atoms with Gasteiger partial charge in [0, 0.05) is 18.4 Å². The van der Waals surface area contributed by atoms with Gasteiger partial charge in [-0.05, 0) is 12.5 Å². The zero-order valence-corrected chi connectivity index (χ0v) is 13.4. The van der Waals surface area contributed by atoms with E-state index >= 15 is 0 Å². The zero-order chi connectivity index (χ0) is 17.5. The highest BCUT2D eigenvalue weighted by molar-refractivity contribution is 5.91. The molecule has 1 aromatic heterocycles. The van der Waals surface area contributed by atoms with Crippen LogP contribution in [-0.4, -0.2) is 28.8 Å². The van der Waals surface area contributed by atoms with Crippen molar-refractivity contribution in [2.45, 2.75) is 32.8 Å². The quantitative estimate of drug-likeness (QED) is 0.685. The summed E-state index contributed by atoms with van der Waals surface area (Å²) in [5.41, 5.74) is 1.66. The Hall–Kier alpha value is -2.60. The van der Waals surface area contributed by atoms with E-state index in [1.54, 1.807) is 6.92 Å². The molecule has 2 rings (SSSR count). The third-order valence-corrected chi connectivity index (χ3v) is 3.68. The Morgan fingerprint density at radius 3 is 2.42 bits per heavy atom. The number of aliphatic carboxylic acids is 1. The molecule has 6 heteroatoms. The molecule has 0 atom stereocenters. The first-order chi connectivity index (χ1) is 11.5. The first kappa shape index (κ1) is 17.7. The number of carbonyl (C=O) groups is 2. The van der Waals surface area contributed by atoms with Gasteiger partial charge in [-0.2, -0.15) is 0 Å². The number of hydrogen-bond donors (Lipinski definition) is 2. The van der Waals surface area contributed by atoms with Crippen molar-refractivity contribution in [3.63, 3.8) is 0 Å². The summed E-state index contributed by atoms with van der Waals surface area (Å²) in [6.07, 6.45) is 0.325. The van der Waals surface area contributed by atoms with E-state index in [4.69, 9.17) is 14.3 Å². The Bertz CT molecular complexity index is 702. The molecule has 0 aliphatic rings. The molecule has 0 amide bonds. The molecule has 2 aromatic rings. The molecular formula is C18H20O6. The van der Waals surface area contributed by atoms with Gasteiger partial charge in [0.15, 0.2) is 0 Å². The van der Waals surface area contributed by atoms with Gasteiger partial charge in [0.2, 0.25) is 0 Å². The summed E-state index contributed by atoms with van der Waals surface area (Å²) < 4.78 is 11.2. The van der Waals surface area contributed by atoms with Crippen LogP contribution in [0.1, 0.15) is 39.4 Å². The minimum atomic E-state index is -1.10. The largest absolute Gasteiger partial charge is 0.481 e. The predicted molar refractivity (Wildman–Crippen MR) is 86.2 cm³/mol. The van der Waals surface area contributed by atoms with Gasteiger partial charge in [0.05, 0.1) is 19.6 Å². The molecule has 0 saturated heterocycles. The van der Waals surface area contributed by atoms with Crippen LogP contribution < -0.4 is 0 Å². The van der Waals surface area contributed by atoms with Gasteiger partial charge in [-0.15, -0.1) is 0 Å². The summed E-state index contributed by atoms with van der Waals surface area (Å²) in [6.45, 7) is 2.53. The van der Waals surface area contributed by atoms with Crippen molar-refractivity contribution < 1.29 is 29.0 Å². The molecule has 128 valence electrons. The molecule has 0 spiro atoms. The molecule has 1 heterocycles. The van der Waals surface area contributed by atoms with Gasteiger partial charge < -0.3 is 19.4 Å². The topological polar surface area (TPSA) is 97.0 Å². The van der Waals surface area contributed by atoms with E-state index in [1.807, 2.05) is 30.3 Å². The maximum absolute atomic E-state index is 11.4. The van der Waals surface area contributed by atoms with Crippen LogP contribution >= 0.6 is 0 Å². The van der Waals surface area contributed by atoms with Crippen LogP contribution in [-0.2, 0) is 29.0 Å². The molecule has 0 fully saturated rings. The number of rotatable bonds is 9. The monoisotopic (exact) mass is 332 g/mol. The highest BCUT2D eigenvalue weighted by atomic mass is 16.5. The van der Waals surface area contributed by atoms with E-state index < -0.39 is 11.9 Å². The third kappa shape index (κ3) is 4.70. The highest BCUT2D eigenvalue weighted by Crippen LogP contribution is 2.24. The number of furan rings is 1. The number of aryl methyl sites for hydroxylation is 1. The number of aromatic carboxylic acids is 1. The second-order valence-corrected chi connectivity index (χ2v) is 5.44. The molecule has 0 radical (unpaired) electrons. The Kier molecular flexibility index (Phi) is 6.14. The number of hydrogen-bond acceptors (Lipinski definition) is 4. The van der Waals surface area contributed by atoms with Crippen molar-refractivity contribution >= 4 is 11.9 Å². The fourth-order valence-electron chi connectivity index (χ4n) is 2.47. The maximum atomic E-state index is 11.4. The summed E-state index contributed by atoms with van der Waals surface area (Å²) >= 11 is 0. The van der Waals surface area contributed by atoms with Crippen molar-refractivity contribution in [1.82, 2.24) is 0 Å². The predicted octanol–water partition coefficient (Wildman–Crippen LogP) is 3.06. The summed E-state index contributed by atoms with van der Waals surface area (Å²) in [4.78, 5) is 22.1. The van der Waals surface area contributed by atoms with Crippen molar-refractivity contribution in [2.24, 2.45) is 0 Å². The van der Waals surface area contributed by atoms with E-state index in [1.165, 1.54) is 0 Å². The van der Waals surface area contributed by atoms with Gasteiger partial charge in [0.1, 0.15) is 17.1 Å². The van der Waals surface area contributed by atoms with Crippen molar-refractivity contribution in [1.29, 1.82) is 0 Å². The lowest BCUT2D eigenvalue weighted by atomic mass is 10.1. The third-order valence-electron chi connectivity index (χ3n) is 3.68. The van der Waals surface area contributed by atoms with Crippen LogP contribution in [0, 0.1) is 6.92 Å². The Labute approximate surface area is 139 Å². The van der Waals surface area contributed by atoms with Gasteiger partial charge in [-0.3, -0.25) is 4.79 Å². The summed E-state index contributed by atoms with van der Waals surface area (Å²) in [5.74, 6) is -1.36. The fourth-order valence-corrected chi connectivity index (χ4v) is 2.47. The second kappa shape index (κ2) is 8.31. The Morgan fingerprint density at radius 2 is 1.79 bits per heavy atom. The lowest BCUT2D eigenvalue weighted by Gasteiger charge is -2.03. The van der Waals surface area contributed by atoms with Crippen molar-refractivity contribution in [2.75, 3.05) is 6.61 Å². The number of benzene rings is 1. The number of carboxylic acid groups (broad SMARTS) is 2. The molecule has 0 aliphatic carbocycles. The standard InChI is InChI=1S/C18H20O6/c1-12-14(9-10-23-11-13-5-3-2-4-6-13)24-15(7-8-16(19)20)17(12)18(21)22/h2-6H,7-11H2,1H3,(H,19,20)(H,21,22). The highest BCUT2D eigenvalue weighted by Gasteiger charge is 2.22. The molecule has 6 nitrogen and oxygen atoms in total. The van der Waals surface area contributed by atoms with Crippen LogP contribution in [0.15, 0.2) is 34.7 Å². The lowest BCUT2D eigenvalue weighted by Crippen LogP contribution is -2.04. The minimum absolute atomic E-state index is 0.0582. The summed E-state index contributed by atoms with van der Waals surface area (Å²) in [5, 5.41) is 18.1. The SMILES string of the molecule is Cc1c(CCOCc2ccccc2)oc(CCC(=O)O)c1C(=O)O. The molecular weight excluding hydrogens is 312 g/mol. The molecule has 0 unspecified atom stereocenters. The summed E-state index contributed by atoms with van der Waals surface area (Å²) in [6, 6.07) is 9.73. The average molecular weight is 332 g/mol. The second-order valence-electron chi connectivity index (χ2n) is 5.44. The maximum Gasteiger partial charge on any atom is 0.339 e. The first-order valence-electron chi connectivity index (χ1n) is 7.67. The lowest BCUT2D eigenvalue weighted by molar-refractivity contribution is -0.137. The van der Waals surface area contributed by atoms with E-state index in [9.17, 15) is 14.7 Å². The van der Waals surface area contributed by atoms with E-state index in [2.05, 4.69) is 0 Å². The number of ether oxygens (including phenoxy) is 1. The average Bonchev–Trinajstić information content (AvgIpc) is 2.86. The zero-order valence-electron chi connectivity index (χ0n) is 13.4. The van der Waals surface area contributed by atoms with Crippen LogP contribution in [0.25, 0.3) is 0 Å². The van der Waals surface area contributed by atoms with Gasteiger partial charge >= 0.3 is 11.9 Å². The fraction of sp³-hybridized carbons (Fsp3) is 0.333. The van der Waals surface area contributed by atoms with Gasteiger partial charge in [-0.1, -0.05) is 30.3 Å². The van der Waals surface area contributed by atoms with E-state index in [0.29, 0.717) is 31.0 Å². The van der Waals surface area contributed by atoms with E-state index in [0.717, 1.165) is 5.56 Å².